The van der Waals surface area contributed by atoms with Crippen molar-refractivity contribution in [2.24, 2.45) is 5.73 Å². The maximum atomic E-state index is 13.6. The van der Waals surface area contributed by atoms with E-state index in [0.29, 0.717) is 70.1 Å². The molecule has 4 rings (SSSR count). The fourth-order valence-corrected chi connectivity index (χ4v) is 8.13. The number of thioether (sulfide) groups is 1. The molecular weight excluding hydrogens is 743 g/mol. The van der Waals surface area contributed by atoms with Crippen molar-refractivity contribution in [3.05, 3.63) is 53.6 Å². The van der Waals surface area contributed by atoms with E-state index < -0.39 is 27.3 Å². The molecule has 1 aromatic heterocycles. The molecule has 1 aromatic carbocycles. The van der Waals surface area contributed by atoms with Crippen LogP contribution in [-0.2, 0) is 41.9 Å². The Morgan fingerprint density at radius 3 is 2.48 bits per heavy atom. The third-order valence-electron chi connectivity index (χ3n) is 8.02. The molecule has 52 heavy (non-hydrogen) atoms. The zero-order valence-corrected chi connectivity index (χ0v) is 31.2. The second-order valence-corrected chi connectivity index (χ2v) is 15.1. The van der Waals surface area contributed by atoms with Crippen LogP contribution < -0.4 is 27.0 Å². The van der Waals surface area contributed by atoms with Gasteiger partial charge >= 0.3 is 6.03 Å². The average Bonchev–Trinajstić information content (AvgIpc) is 3.82. The van der Waals surface area contributed by atoms with E-state index in [1.807, 2.05) is 11.8 Å². The summed E-state index contributed by atoms with van der Waals surface area (Å²) in [5, 5.41) is 20.0. The Kier molecular flexibility index (Phi) is 18.8. The Morgan fingerprint density at radius 2 is 1.75 bits per heavy atom. The quantitative estimate of drug-likeness (QED) is 0.0747. The molecule has 0 saturated carbocycles. The van der Waals surface area contributed by atoms with Crippen molar-refractivity contribution in [1.29, 1.82) is 0 Å². The summed E-state index contributed by atoms with van der Waals surface area (Å²) in [4.78, 5) is 35.9. The molecule has 16 nitrogen and oxygen atoms in total. The first-order valence-corrected chi connectivity index (χ1v) is 19.6. The fraction of sp³-hybridized carbons (Fsp3) is 0.594. The number of rotatable bonds is 24. The summed E-state index contributed by atoms with van der Waals surface area (Å²) in [6, 6.07) is 5.57. The first-order valence-electron chi connectivity index (χ1n) is 16.9. The predicted molar refractivity (Wildman–Crippen MR) is 195 cm³/mol. The highest BCUT2D eigenvalue weighted by Gasteiger charge is 2.42. The third-order valence-corrected chi connectivity index (χ3v) is 11.2. The van der Waals surface area contributed by atoms with Crippen LogP contribution >= 0.6 is 24.2 Å². The SMILES string of the molecule is Cl.NC/C=C(\F)CS(=O)(=O)c1ccc(C(=O)NCc2cn(CCOCCOCCOCCNC(=O)CCCC[C@@H]3SC[C@@H]4NC(=O)N[C@@H]43)nn2)cc1. The van der Waals surface area contributed by atoms with Crippen LogP contribution in [0.5, 0.6) is 0 Å². The number of amides is 4. The van der Waals surface area contributed by atoms with Gasteiger partial charge in [0.05, 0.1) is 75.9 Å². The van der Waals surface area contributed by atoms with Gasteiger partial charge in [-0.2, -0.15) is 11.8 Å². The number of aromatic nitrogens is 3. The average molecular weight is 791 g/mol. The fourth-order valence-electron chi connectivity index (χ4n) is 5.39. The van der Waals surface area contributed by atoms with Crippen molar-refractivity contribution in [1.82, 2.24) is 36.3 Å². The van der Waals surface area contributed by atoms with E-state index in [0.717, 1.165) is 31.1 Å². The number of nitrogens with zero attached hydrogens (tertiary/aromatic N) is 3. The van der Waals surface area contributed by atoms with Crippen LogP contribution in [0.4, 0.5) is 9.18 Å². The molecule has 2 aliphatic rings. The number of urea groups is 1. The summed E-state index contributed by atoms with van der Waals surface area (Å²) in [5.41, 5.74) is 5.98. The number of benzene rings is 1. The van der Waals surface area contributed by atoms with Crippen LogP contribution in [0.1, 0.15) is 41.7 Å². The van der Waals surface area contributed by atoms with Crippen LogP contribution in [0.2, 0.25) is 0 Å². The second kappa shape index (κ2) is 22.7. The number of hydrogen-bond donors (Lipinski definition) is 5. The Bertz CT molecular complexity index is 1570. The molecule has 0 radical (unpaired) electrons. The van der Waals surface area contributed by atoms with Gasteiger partial charge in [-0.3, -0.25) is 9.59 Å². The number of ether oxygens (including phenoxy) is 3. The Hall–Kier alpha value is -3.33. The highest BCUT2D eigenvalue weighted by molar-refractivity contribution is 8.00. The van der Waals surface area contributed by atoms with Gasteiger partial charge in [0.25, 0.3) is 5.91 Å². The number of halogens is 2. The monoisotopic (exact) mass is 790 g/mol. The normalized spacial score (nSPS) is 18.3. The van der Waals surface area contributed by atoms with Crippen molar-refractivity contribution in [3.8, 4) is 0 Å². The molecule has 6 N–H and O–H groups in total. The highest BCUT2D eigenvalue weighted by Crippen LogP contribution is 2.33. The summed E-state index contributed by atoms with van der Waals surface area (Å²) >= 11 is 1.88. The maximum Gasteiger partial charge on any atom is 0.315 e. The smallest absolute Gasteiger partial charge is 0.315 e. The summed E-state index contributed by atoms with van der Waals surface area (Å²) in [7, 11) is -3.90. The molecule has 0 bridgehead atoms. The molecule has 2 saturated heterocycles. The number of unbranched alkanes of at least 4 members (excludes halogenated alkanes) is 1. The summed E-state index contributed by atoms with van der Waals surface area (Å²) in [6.45, 7) is 3.28. The number of carbonyl (C=O) groups excluding carboxylic acids is 3. The van der Waals surface area contributed by atoms with Crippen molar-refractivity contribution in [2.45, 2.75) is 61.0 Å². The van der Waals surface area contributed by atoms with Crippen LogP contribution in [-0.4, -0.2) is 123 Å². The molecular formula is C32H48ClFN8O8S2. The highest BCUT2D eigenvalue weighted by atomic mass is 35.5. The Labute approximate surface area is 313 Å². The van der Waals surface area contributed by atoms with E-state index in [1.165, 1.54) is 24.3 Å². The summed E-state index contributed by atoms with van der Waals surface area (Å²) < 4.78 is 56.4. The van der Waals surface area contributed by atoms with Gasteiger partial charge in [-0.15, -0.1) is 17.5 Å². The van der Waals surface area contributed by atoms with Gasteiger partial charge in [0.1, 0.15) is 17.3 Å². The first kappa shape index (κ1) is 43.1. The van der Waals surface area contributed by atoms with Crippen LogP contribution in [0.3, 0.4) is 0 Å². The van der Waals surface area contributed by atoms with Gasteiger partial charge in [-0.25, -0.2) is 22.3 Å². The summed E-state index contributed by atoms with van der Waals surface area (Å²) in [5.74, 6) is -1.11. The van der Waals surface area contributed by atoms with Crippen LogP contribution in [0.25, 0.3) is 0 Å². The van der Waals surface area contributed by atoms with Crippen molar-refractivity contribution < 1.29 is 41.4 Å². The molecule has 0 aliphatic carbocycles. The molecule has 2 fully saturated rings. The predicted octanol–water partition coefficient (Wildman–Crippen LogP) is 1.11. The second-order valence-electron chi connectivity index (χ2n) is 11.9. The van der Waals surface area contributed by atoms with Gasteiger partial charge in [-0.05, 0) is 43.2 Å². The largest absolute Gasteiger partial charge is 0.377 e. The molecule has 0 unspecified atom stereocenters. The van der Waals surface area contributed by atoms with E-state index >= 15 is 0 Å². The molecule has 290 valence electrons. The van der Waals surface area contributed by atoms with Crippen LogP contribution in [0.15, 0.2) is 47.3 Å². The maximum absolute atomic E-state index is 13.6. The lowest BCUT2D eigenvalue weighted by Gasteiger charge is -2.16. The van der Waals surface area contributed by atoms with E-state index in [9.17, 15) is 27.2 Å². The zero-order chi connectivity index (χ0) is 36.5. The van der Waals surface area contributed by atoms with E-state index in [1.54, 1.807) is 10.9 Å². The first-order chi connectivity index (χ1) is 24.6. The summed E-state index contributed by atoms with van der Waals surface area (Å²) in [6.07, 6.45) is 5.91. The molecule has 20 heteroatoms. The van der Waals surface area contributed by atoms with Crippen molar-refractivity contribution in [3.63, 3.8) is 0 Å². The number of sulfone groups is 1. The number of nitrogens with two attached hydrogens (primary N) is 1. The lowest BCUT2D eigenvalue weighted by atomic mass is 10.0. The van der Waals surface area contributed by atoms with E-state index in [-0.39, 0.29) is 60.0 Å². The Morgan fingerprint density at radius 1 is 1.04 bits per heavy atom. The van der Waals surface area contributed by atoms with E-state index in [2.05, 4.69) is 31.6 Å². The molecule has 0 spiro atoms. The van der Waals surface area contributed by atoms with Gasteiger partial charge < -0.3 is 41.2 Å². The minimum atomic E-state index is -3.90. The third kappa shape index (κ3) is 14.6. The Balaban J connectivity index is 0.00000729. The minimum absolute atomic E-state index is 0. The molecule has 4 amide bonds. The van der Waals surface area contributed by atoms with Gasteiger partial charge in [0.15, 0.2) is 9.84 Å². The number of carbonyl (C=O) groups is 3. The van der Waals surface area contributed by atoms with Gasteiger partial charge in [-0.1, -0.05) is 11.6 Å². The lowest BCUT2D eigenvalue weighted by Crippen LogP contribution is -2.36. The van der Waals surface area contributed by atoms with E-state index in [4.69, 9.17) is 19.9 Å². The molecule has 2 aromatic rings. The number of fused-ring (bicyclic) bond motifs is 1. The van der Waals surface area contributed by atoms with Crippen LogP contribution in [0, 0.1) is 0 Å². The zero-order valence-electron chi connectivity index (χ0n) is 28.8. The number of nitrogens with one attached hydrogen (secondary N) is 4. The molecule has 3 heterocycles. The topological polar surface area (TPSA) is 218 Å². The molecule has 3 atom stereocenters. The number of hydrogen-bond acceptors (Lipinski definition) is 12. The van der Waals surface area contributed by atoms with Gasteiger partial charge in [0.2, 0.25) is 5.91 Å². The lowest BCUT2D eigenvalue weighted by molar-refractivity contribution is -0.121. The van der Waals surface area contributed by atoms with Gasteiger partial charge in [0, 0.05) is 36.1 Å². The van der Waals surface area contributed by atoms with Crippen molar-refractivity contribution in [2.75, 3.05) is 64.2 Å². The standard InChI is InChI=1S/C32H47FN8O8S2.ClH/c33-24(9-10-34)22-51(45,46)26-7-5-23(6-8-26)31(43)36-19-25-20-41(40-39-25)12-14-48-16-18-49-17-15-47-13-11-35-29(42)4-2-1-3-28-30-27(21-50-28)37-32(44)38-30;/h5-9,20,27-28,30H,1-4,10-19,21-22,34H2,(H,35,42)(H,36,43)(H2,37,38,44);1H/b24-9-;/t27-,28-,30-;/m0./s1. The van der Waals surface area contributed by atoms with Crippen molar-refractivity contribution >= 4 is 51.9 Å². The molecule has 2 aliphatic heterocycles. The minimum Gasteiger partial charge on any atom is -0.377 e.